The summed E-state index contributed by atoms with van der Waals surface area (Å²) in [5.41, 5.74) is -0.545. The second-order valence-electron chi connectivity index (χ2n) is 4.37. The van der Waals surface area contributed by atoms with E-state index in [1.165, 1.54) is 25.7 Å². The van der Waals surface area contributed by atoms with Crippen LogP contribution in [0, 0.1) is 0 Å². The molecule has 1 aliphatic rings. The predicted octanol–water partition coefficient (Wildman–Crippen LogP) is 2.37. The first kappa shape index (κ1) is 11.0. The van der Waals surface area contributed by atoms with Crippen LogP contribution in [0.15, 0.2) is 0 Å². The monoisotopic (exact) mass is 185 g/mol. The van der Waals surface area contributed by atoms with Crippen LogP contribution >= 0.6 is 0 Å². The third kappa shape index (κ3) is 3.28. The lowest BCUT2D eigenvalue weighted by atomic mass is 10.0. The molecule has 0 aromatic carbocycles. The Labute approximate surface area is 81.9 Å². The van der Waals surface area contributed by atoms with Crippen molar-refractivity contribution in [2.24, 2.45) is 0 Å². The van der Waals surface area contributed by atoms with Gasteiger partial charge in [0.25, 0.3) is 0 Å². The van der Waals surface area contributed by atoms with Gasteiger partial charge in [0, 0.05) is 13.1 Å². The molecule has 0 aliphatic carbocycles. The van der Waals surface area contributed by atoms with Crippen molar-refractivity contribution in [2.45, 2.75) is 58.1 Å². The SMILES string of the molecule is CCCCC(C)(O)N1CCCCC1. The van der Waals surface area contributed by atoms with Crippen molar-refractivity contribution in [1.82, 2.24) is 4.90 Å². The molecular weight excluding hydrogens is 162 g/mol. The Morgan fingerprint density at radius 3 is 2.38 bits per heavy atom. The van der Waals surface area contributed by atoms with E-state index >= 15 is 0 Å². The van der Waals surface area contributed by atoms with E-state index in [1.54, 1.807) is 0 Å². The van der Waals surface area contributed by atoms with Gasteiger partial charge in [-0.15, -0.1) is 0 Å². The fraction of sp³-hybridized carbons (Fsp3) is 1.00. The summed E-state index contributed by atoms with van der Waals surface area (Å²) in [4.78, 5) is 2.24. The Morgan fingerprint density at radius 1 is 1.23 bits per heavy atom. The molecule has 1 saturated heterocycles. The molecule has 0 radical (unpaired) electrons. The van der Waals surface area contributed by atoms with Gasteiger partial charge in [-0.25, -0.2) is 0 Å². The van der Waals surface area contributed by atoms with Crippen LogP contribution in [0.2, 0.25) is 0 Å². The van der Waals surface area contributed by atoms with Crippen molar-refractivity contribution in [3.63, 3.8) is 0 Å². The molecule has 1 heterocycles. The van der Waals surface area contributed by atoms with Gasteiger partial charge in [-0.05, 0) is 32.6 Å². The Kier molecular flexibility index (Phi) is 4.20. The summed E-state index contributed by atoms with van der Waals surface area (Å²) in [6.45, 7) is 6.30. The van der Waals surface area contributed by atoms with E-state index in [2.05, 4.69) is 11.8 Å². The molecule has 0 saturated carbocycles. The molecule has 1 unspecified atom stereocenters. The van der Waals surface area contributed by atoms with Crippen LogP contribution < -0.4 is 0 Å². The van der Waals surface area contributed by atoms with Crippen molar-refractivity contribution < 1.29 is 5.11 Å². The molecular formula is C11H23NO. The van der Waals surface area contributed by atoms with Gasteiger partial charge in [0.05, 0.1) is 0 Å². The third-order valence-electron chi connectivity index (χ3n) is 3.04. The van der Waals surface area contributed by atoms with Crippen LogP contribution in [0.5, 0.6) is 0 Å². The molecule has 0 bridgehead atoms. The van der Waals surface area contributed by atoms with Gasteiger partial charge in [-0.2, -0.15) is 0 Å². The lowest BCUT2D eigenvalue weighted by Crippen LogP contribution is -2.48. The van der Waals surface area contributed by atoms with Crippen LogP contribution in [0.25, 0.3) is 0 Å². The van der Waals surface area contributed by atoms with E-state index in [0.717, 1.165) is 25.9 Å². The van der Waals surface area contributed by atoms with Crippen molar-refractivity contribution >= 4 is 0 Å². The summed E-state index contributed by atoms with van der Waals surface area (Å²) < 4.78 is 0. The highest BCUT2D eigenvalue weighted by molar-refractivity contribution is 4.77. The number of unbranched alkanes of at least 4 members (excludes halogenated alkanes) is 1. The van der Waals surface area contributed by atoms with Crippen molar-refractivity contribution in [2.75, 3.05) is 13.1 Å². The molecule has 1 atom stereocenters. The quantitative estimate of drug-likeness (QED) is 0.727. The van der Waals surface area contributed by atoms with E-state index in [0.29, 0.717) is 0 Å². The predicted molar refractivity (Wildman–Crippen MR) is 55.6 cm³/mol. The summed E-state index contributed by atoms with van der Waals surface area (Å²) in [6, 6.07) is 0. The van der Waals surface area contributed by atoms with Gasteiger partial charge < -0.3 is 5.11 Å². The average Bonchev–Trinajstić information content (AvgIpc) is 2.16. The topological polar surface area (TPSA) is 23.5 Å². The summed E-state index contributed by atoms with van der Waals surface area (Å²) in [5, 5.41) is 10.2. The molecule has 1 rings (SSSR count). The molecule has 0 aromatic heterocycles. The largest absolute Gasteiger partial charge is 0.376 e. The number of hydrogen-bond acceptors (Lipinski definition) is 2. The van der Waals surface area contributed by atoms with Crippen LogP contribution in [0.1, 0.15) is 52.4 Å². The van der Waals surface area contributed by atoms with Gasteiger partial charge in [-0.1, -0.05) is 19.8 Å². The second-order valence-corrected chi connectivity index (χ2v) is 4.37. The smallest absolute Gasteiger partial charge is 0.115 e. The molecule has 2 heteroatoms. The number of aliphatic hydroxyl groups is 1. The maximum absolute atomic E-state index is 10.2. The Balaban J connectivity index is 2.36. The lowest BCUT2D eigenvalue weighted by Gasteiger charge is -2.39. The minimum Gasteiger partial charge on any atom is -0.376 e. The molecule has 13 heavy (non-hydrogen) atoms. The highest BCUT2D eigenvalue weighted by atomic mass is 16.3. The Bertz CT molecular complexity index is 139. The van der Waals surface area contributed by atoms with Crippen LogP contribution in [-0.4, -0.2) is 28.8 Å². The number of likely N-dealkylation sites (tertiary alicyclic amines) is 1. The van der Waals surface area contributed by atoms with Crippen LogP contribution in [0.3, 0.4) is 0 Å². The molecule has 2 nitrogen and oxygen atoms in total. The summed E-state index contributed by atoms with van der Waals surface area (Å²) in [5.74, 6) is 0. The van der Waals surface area contributed by atoms with Crippen LogP contribution in [-0.2, 0) is 0 Å². The lowest BCUT2D eigenvalue weighted by molar-refractivity contribution is -0.108. The Morgan fingerprint density at radius 2 is 1.85 bits per heavy atom. The maximum atomic E-state index is 10.2. The fourth-order valence-electron chi connectivity index (χ4n) is 2.05. The zero-order valence-corrected chi connectivity index (χ0v) is 9.05. The zero-order chi connectivity index (χ0) is 9.73. The van der Waals surface area contributed by atoms with Gasteiger partial charge in [0.1, 0.15) is 5.72 Å². The van der Waals surface area contributed by atoms with Crippen LogP contribution in [0.4, 0.5) is 0 Å². The molecule has 1 aliphatic heterocycles. The number of hydrogen-bond donors (Lipinski definition) is 1. The van der Waals surface area contributed by atoms with E-state index in [9.17, 15) is 5.11 Å². The highest BCUT2D eigenvalue weighted by Crippen LogP contribution is 2.23. The Hall–Kier alpha value is -0.0800. The van der Waals surface area contributed by atoms with Gasteiger partial charge >= 0.3 is 0 Å². The minimum atomic E-state index is -0.545. The summed E-state index contributed by atoms with van der Waals surface area (Å²) >= 11 is 0. The van der Waals surface area contributed by atoms with Gasteiger partial charge in [0.2, 0.25) is 0 Å². The van der Waals surface area contributed by atoms with E-state index in [4.69, 9.17) is 0 Å². The average molecular weight is 185 g/mol. The molecule has 1 fully saturated rings. The van der Waals surface area contributed by atoms with Gasteiger partial charge in [-0.3, -0.25) is 4.90 Å². The first-order chi connectivity index (χ1) is 6.17. The third-order valence-corrected chi connectivity index (χ3v) is 3.04. The van der Waals surface area contributed by atoms with Crippen molar-refractivity contribution in [3.05, 3.63) is 0 Å². The summed E-state index contributed by atoms with van der Waals surface area (Å²) in [6.07, 6.45) is 7.06. The molecule has 1 N–H and O–H groups in total. The fourth-order valence-corrected chi connectivity index (χ4v) is 2.05. The van der Waals surface area contributed by atoms with Gasteiger partial charge in [0.15, 0.2) is 0 Å². The first-order valence-electron chi connectivity index (χ1n) is 5.64. The first-order valence-corrected chi connectivity index (χ1v) is 5.64. The van der Waals surface area contributed by atoms with E-state index < -0.39 is 5.72 Å². The number of rotatable bonds is 4. The van der Waals surface area contributed by atoms with E-state index in [1.807, 2.05) is 6.92 Å². The highest BCUT2D eigenvalue weighted by Gasteiger charge is 2.28. The standard InChI is InChI=1S/C11H23NO/c1-3-4-8-11(2,13)12-9-6-5-7-10-12/h13H,3-10H2,1-2H3. The maximum Gasteiger partial charge on any atom is 0.115 e. The second kappa shape index (κ2) is 4.97. The minimum absolute atomic E-state index is 0.545. The molecule has 0 aromatic rings. The van der Waals surface area contributed by atoms with E-state index in [-0.39, 0.29) is 0 Å². The number of nitrogens with zero attached hydrogens (tertiary/aromatic N) is 1. The molecule has 0 spiro atoms. The normalized spacial score (nSPS) is 24.2. The van der Waals surface area contributed by atoms with Crippen molar-refractivity contribution in [1.29, 1.82) is 0 Å². The summed E-state index contributed by atoms with van der Waals surface area (Å²) in [7, 11) is 0. The zero-order valence-electron chi connectivity index (χ0n) is 9.05. The number of piperidine rings is 1. The van der Waals surface area contributed by atoms with Crippen molar-refractivity contribution in [3.8, 4) is 0 Å². The molecule has 78 valence electrons. The molecule has 0 amide bonds.